The third-order valence-electron chi connectivity index (χ3n) is 4.88. The van der Waals surface area contributed by atoms with Crippen LogP contribution in [0, 0.1) is 13.8 Å². The summed E-state index contributed by atoms with van der Waals surface area (Å²) in [4.78, 5) is 28.3. The van der Waals surface area contributed by atoms with Gasteiger partial charge in [0.1, 0.15) is 6.54 Å². The second kappa shape index (κ2) is 8.33. The molecule has 9 heteroatoms. The summed E-state index contributed by atoms with van der Waals surface area (Å²) in [7, 11) is 0. The Balaban J connectivity index is 1.74. The maximum atomic E-state index is 13.3. The third kappa shape index (κ3) is 4.24. The van der Waals surface area contributed by atoms with E-state index < -0.39 is 36.9 Å². The number of ether oxygens (including phenoxy) is 1. The maximum absolute atomic E-state index is 13.3. The standard InChI is InChI=1S/C21H22F3N3O3/c1-4-9-26-13(2)10-15(14(26)3)18(28)12-30-19(29)11-27-17-8-6-5-7-16(17)25-20(27)21(22,23)24/h5-8,10H,4,9,11-12H2,1-3H3. The summed E-state index contributed by atoms with van der Waals surface area (Å²) in [5.41, 5.74) is 2.42. The number of ketones is 1. The highest BCUT2D eigenvalue weighted by molar-refractivity contribution is 5.99. The Morgan fingerprint density at radius 1 is 1.13 bits per heavy atom. The van der Waals surface area contributed by atoms with Crippen LogP contribution < -0.4 is 0 Å². The van der Waals surface area contributed by atoms with Gasteiger partial charge in [-0.25, -0.2) is 4.98 Å². The van der Waals surface area contributed by atoms with Gasteiger partial charge < -0.3 is 13.9 Å². The average molecular weight is 421 g/mol. The molecule has 0 saturated heterocycles. The van der Waals surface area contributed by atoms with Gasteiger partial charge in [-0.1, -0.05) is 19.1 Å². The minimum absolute atomic E-state index is 0.122. The highest BCUT2D eigenvalue weighted by atomic mass is 19.4. The molecule has 0 fully saturated rings. The van der Waals surface area contributed by atoms with Crippen molar-refractivity contribution < 1.29 is 27.5 Å². The molecule has 0 unspecified atom stereocenters. The lowest BCUT2D eigenvalue weighted by Gasteiger charge is -2.11. The number of para-hydroxylation sites is 2. The van der Waals surface area contributed by atoms with E-state index in [9.17, 15) is 22.8 Å². The third-order valence-corrected chi connectivity index (χ3v) is 4.88. The highest BCUT2D eigenvalue weighted by Crippen LogP contribution is 2.31. The summed E-state index contributed by atoms with van der Waals surface area (Å²) in [6.07, 6.45) is -3.83. The van der Waals surface area contributed by atoms with Crippen LogP contribution in [0.1, 0.15) is 40.9 Å². The van der Waals surface area contributed by atoms with Crippen molar-refractivity contribution in [1.29, 1.82) is 0 Å². The van der Waals surface area contributed by atoms with Gasteiger partial charge >= 0.3 is 12.1 Å². The number of halogens is 3. The predicted octanol–water partition coefficient (Wildman–Crippen LogP) is 4.31. The number of carbonyl (C=O) groups excluding carboxylic acids is 2. The smallest absolute Gasteiger partial charge is 0.449 e. The number of aryl methyl sites for hydroxylation is 1. The van der Waals surface area contributed by atoms with Crippen LogP contribution >= 0.6 is 0 Å². The lowest BCUT2D eigenvalue weighted by atomic mass is 10.1. The van der Waals surface area contributed by atoms with E-state index in [2.05, 4.69) is 4.98 Å². The summed E-state index contributed by atoms with van der Waals surface area (Å²) in [5, 5.41) is 0. The van der Waals surface area contributed by atoms with Crippen molar-refractivity contribution in [3.05, 3.63) is 53.1 Å². The first-order valence-corrected chi connectivity index (χ1v) is 9.51. The molecular weight excluding hydrogens is 399 g/mol. The Labute approximate surface area is 171 Å². The van der Waals surface area contributed by atoms with Gasteiger partial charge in [0.15, 0.2) is 6.61 Å². The molecule has 2 aromatic heterocycles. The van der Waals surface area contributed by atoms with Crippen molar-refractivity contribution in [2.24, 2.45) is 0 Å². The van der Waals surface area contributed by atoms with Gasteiger partial charge in [0, 0.05) is 23.5 Å². The number of rotatable bonds is 7. The number of esters is 1. The Morgan fingerprint density at radius 3 is 2.50 bits per heavy atom. The molecule has 1 aromatic carbocycles. The second-order valence-corrected chi connectivity index (χ2v) is 7.03. The Morgan fingerprint density at radius 2 is 1.83 bits per heavy atom. The molecule has 0 radical (unpaired) electrons. The Bertz CT molecular complexity index is 1100. The summed E-state index contributed by atoms with van der Waals surface area (Å²) in [6, 6.07) is 7.72. The number of benzene rings is 1. The lowest BCUT2D eigenvalue weighted by molar-refractivity contribution is -0.150. The fourth-order valence-electron chi connectivity index (χ4n) is 3.50. The van der Waals surface area contributed by atoms with Gasteiger partial charge in [-0.05, 0) is 38.5 Å². The molecule has 30 heavy (non-hydrogen) atoms. The monoisotopic (exact) mass is 421 g/mol. The van der Waals surface area contributed by atoms with E-state index in [-0.39, 0.29) is 11.0 Å². The molecule has 0 aliphatic heterocycles. The number of aromatic nitrogens is 3. The SMILES string of the molecule is CCCn1c(C)cc(C(=O)COC(=O)Cn2c(C(F)(F)F)nc3ccccc32)c1C. The van der Waals surface area contributed by atoms with Gasteiger partial charge in [-0.15, -0.1) is 0 Å². The van der Waals surface area contributed by atoms with E-state index in [1.165, 1.54) is 12.1 Å². The summed E-state index contributed by atoms with van der Waals surface area (Å²) < 4.78 is 47.7. The number of nitrogens with zero attached hydrogens (tertiary/aromatic N) is 3. The van der Waals surface area contributed by atoms with Crippen LogP contribution in [-0.4, -0.2) is 32.5 Å². The van der Waals surface area contributed by atoms with Gasteiger partial charge in [0.2, 0.25) is 11.6 Å². The number of imidazole rings is 1. The predicted molar refractivity (Wildman–Crippen MR) is 104 cm³/mol. The van der Waals surface area contributed by atoms with Crippen LogP contribution in [0.25, 0.3) is 11.0 Å². The number of Topliss-reactive ketones (excluding diaryl/α,β-unsaturated/α-hetero) is 1. The topological polar surface area (TPSA) is 66.1 Å². The molecule has 160 valence electrons. The fraction of sp³-hybridized carbons (Fsp3) is 0.381. The first-order valence-electron chi connectivity index (χ1n) is 9.51. The first kappa shape index (κ1) is 21.6. The molecule has 3 aromatic rings. The van der Waals surface area contributed by atoms with Crippen LogP contribution in [0.5, 0.6) is 0 Å². The van der Waals surface area contributed by atoms with Crippen molar-refractivity contribution in [2.75, 3.05) is 6.61 Å². The molecule has 3 rings (SSSR count). The van der Waals surface area contributed by atoms with Gasteiger partial charge in [0.05, 0.1) is 11.0 Å². The van der Waals surface area contributed by atoms with Crippen molar-refractivity contribution in [3.8, 4) is 0 Å². The van der Waals surface area contributed by atoms with Crippen molar-refractivity contribution >= 4 is 22.8 Å². The summed E-state index contributed by atoms with van der Waals surface area (Å²) >= 11 is 0. The van der Waals surface area contributed by atoms with E-state index in [0.29, 0.717) is 5.56 Å². The lowest BCUT2D eigenvalue weighted by Crippen LogP contribution is -2.22. The second-order valence-electron chi connectivity index (χ2n) is 7.03. The summed E-state index contributed by atoms with van der Waals surface area (Å²) in [6.45, 7) is 5.25. The number of hydrogen-bond acceptors (Lipinski definition) is 4. The van der Waals surface area contributed by atoms with E-state index >= 15 is 0 Å². The molecule has 0 atom stereocenters. The molecule has 0 N–H and O–H groups in total. The quantitative estimate of drug-likeness (QED) is 0.421. The molecule has 0 spiro atoms. The molecule has 6 nitrogen and oxygen atoms in total. The summed E-state index contributed by atoms with van der Waals surface area (Å²) in [5.74, 6) is -2.53. The molecule has 0 bridgehead atoms. The van der Waals surface area contributed by atoms with E-state index in [4.69, 9.17) is 4.74 Å². The number of hydrogen-bond donors (Lipinski definition) is 0. The van der Waals surface area contributed by atoms with Crippen LogP contribution in [0.4, 0.5) is 13.2 Å². The van der Waals surface area contributed by atoms with Gasteiger partial charge in [0.25, 0.3) is 0 Å². The van der Waals surface area contributed by atoms with Gasteiger partial charge in [-0.2, -0.15) is 13.2 Å². The Kier molecular flexibility index (Phi) is 6.00. The molecule has 0 saturated carbocycles. The molecule has 0 aliphatic rings. The molecular formula is C21H22F3N3O3. The van der Waals surface area contributed by atoms with Crippen LogP contribution in [0.15, 0.2) is 30.3 Å². The van der Waals surface area contributed by atoms with Gasteiger partial charge in [-0.3, -0.25) is 9.59 Å². The van der Waals surface area contributed by atoms with Crippen molar-refractivity contribution in [1.82, 2.24) is 14.1 Å². The average Bonchev–Trinajstić information content (AvgIpc) is 3.19. The first-order chi connectivity index (χ1) is 14.1. The maximum Gasteiger partial charge on any atom is 0.449 e. The van der Waals surface area contributed by atoms with E-state index in [1.54, 1.807) is 18.2 Å². The van der Waals surface area contributed by atoms with Crippen molar-refractivity contribution in [3.63, 3.8) is 0 Å². The molecule has 2 heterocycles. The Hall–Kier alpha value is -3.10. The van der Waals surface area contributed by atoms with E-state index in [1.807, 2.05) is 25.3 Å². The molecule has 0 amide bonds. The zero-order chi connectivity index (χ0) is 22.1. The minimum atomic E-state index is -4.73. The zero-order valence-corrected chi connectivity index (χ0v) is 16.9. The van der Waals surface area contributed by atoms with Crippen LogP contribution in [0.3, 0.4) is 0 Å². The number of carbonyl (C=O) groups is 2. The fourth-order valence-corrected chi connectivity index (χ4v) is 3.50. The van der Waals surface area contributed by atoms with Crippen molar-refractivity contribution in [2.45, 2.75) is 46.5 Å². The number of fused-ring (bicyclic) bond motifs is 1. The highest BCUT2D eigenvalue weighted by Gasteiger charge is 2.38. The van der Waals surface area contributed by atoms with Crippen LogP contribution in [-0.2, 0) is 28.8 Å². The van der Waals surface area contributed by atoms with E-state index in [0.717, 1.165) is 28.9 Å². The minimum Gasteiger partial charge on any atom is -0.456 e. The zero-order valence-electron chi connectivity index (χ0n) is 16.9. The number of alkyl halides is 3. The van der Waals surface area contributed by atoms with Crippen LogP contribution in [0.2, 0.25) is 0 Å². The largest absolute Gasteiger partial charge is 0.456 e. The molecule has 0 aliphatic carbocycles. The normalized spacial score (nSPS) is 11.8.